The minimum Gasteiger partial charge on any atom is -0.481 e. The maximum absolute atomic E-state index is 11.6. The lowest BCUT2D eigenvalue weighted by atomic mass is 9.63. The summed E-state index contributed by atoms with van der Waals surface area (Å²) in [5.41, 5.74) is -0.104. The first-order chi connectivity index (χ1) is 8.32. The fourth-order valence-electron chi connectivity index (χ4n) is 3.02. The topological polar surface area (TPSA) is 37.3 Å². The summed E-state index contributed by atoms with van der Waals surface area (Å²) in [7, 11) is 0. The molecule has 0 unspecified atom stereocenters. The quantitative estimate of drug-likeness (QED) is 0.752. The number of hydrogen-bond donors (Lipinski definition) is 1. The third-order valence-corrected chi connectivity index (χ3v) is 5.45. The van der Waals surface area contributed by atoms with E-state index in [-0.39, 0.29) is 0 Å². The van der Waals surface area contributed by atoms with Gasteiger partial charge in [0.1, 0.15) is 0 Å². The first-order valence-corrected chi connectivity index (χ1v) is 8.28. The summed E-state index contributed by atoms with van der Waals surface area (Å²) in [6, 6.07) is 0. The Morgan fingerprint density at radius 3 is 2.28 bits per heavy atom. The summed E-state index contributed by atoms with van der Waals surface area (Å²) in [4.78, 5) is 11.6. The highest BCUT2D eigenvalue weighted by Crippen LogP contribution is 2.47. The summed E-state index contributed by atoms with van der Waals surface area (Å²) < 4.78 is 0. The van der Waals surface area contributed by atoms with Gasteiger partial charge < -0.3 is 5.11 Å². The van der Waals surface area contributed by atoms with Crippen molar-refractivity contribution in [2.75, 3.05) is 11.5 Å². The smallest absolute Gasteiger partial charge is 0.309 e. The van der Waals surface area contributed by atoms with Gasteiger partial charge in [-0.3, -0.25) is 4.79 Å². The van der Waals surface area contributed by atoms with E-state index in [1.807, 2.05) is 11.8 Å². The van der Waals surface area contributed by atoms with E-state index in [2.05, 4.69) is 27.7 Å². The van der Waals surface area contributed by atoms with Gasteiger partial charge in [0, 0.05) is 0 Å². The number of thioether (sulfide) groups is 1. The van der Waals surface area contributed by atoms with E-state index in [1.165, 1.54) is 0 Å². The zero-order valence-corrected chi connectivity index (χ0v) is 13.1. The third-order valence-electron chi connectivity index (χ3n) is 4.55. The van der Waals surface area contributed by atoms with Crippen molar-refractivity contribution in [1.82, 2.24) is 0 Å². The van der Waals surface area contributed by atoms with Gasteiger partial charge in [-0.15, -0.1) is 0 Å². The summed E-state index contributed by atoms with van der Waals surface area (Å²) in [5, 5.41) is 9.57. The first kappa shape index (κ1) is 15.9. The number of aliphatic carboxylic acids is 1. The summed E-state index contributed by atoms with van der Waals surface area (Å²) in [6.07, 6.45) is 4.74. The van der Waals surface area contributed by atoms with Gasteiger partial charge in [-0.1, -0.05) is 27.7 Å². The molecule has 1 aliphatic carbocycles. The Bertz CT molecular complexity index is 273. The fourth-order valence-corrected chi connectivity index (χ4v) is 3.84. The molecule has 0 heterocycles. The molecule has 18 heavy (non-hydrogen) atoms. The van der Waals surface area contributed by atoms with E-state index in [1.54, 1.807) is 0 Å². The van der Waals surface area contributed by atoms with Crippen LogP contribution in [-0.2, 0) is 4.79 Å². The molecule has 0 atom stereocenters. The van der Waals surface area contributed by atoms with Crippen molar-refractivity contribution in [2.24, 2.45) is 16.7 Å². The van der Waals surface area contributed by atoms with Gasteiger partial charge in [-0.25, -0.2) is 0 Å². The van der Waals surface area contributed by atoms with Crippen LogP contribution in [0.25, 0.3) is 0 Å². The number of carbonyl (C=O) groups is 1. The standard InChI is InChI=1S/C15H28O2S/c1-5-18-11-10-15(13(16)17)8-6-12(7-9-15)14(2,3)4/h12H,5-11H2,1-4H3,(H,16,17). The molecule has 0 saturated heterocycles. The Kier molecular flexibility index (Phi) is 5.57. The summed E-state index contributed by atoms with van der Waals surface area (Å²) in [6.45, 7) is 8.96. The van der Waals surface area contributed by atoms with Crippen molar-refractivity contribution < 1.29 is 9.90 Å². The van der Waals surface area contributed by atoms with Gasteiger partial charge in [0.15, 0.2) is 0 Å². The van der Waals surface area contributed by atoms with Gasteiger partial charge in [0.2, 0.25) is 0 Å². The second kappa shape index (κ2) is 6.31. The Balaban J connectivity index is 2.60. The zero-order chi connectivity index (χ0) is 13.8. The third kappa shape index (κ3) is 3.91. The average Bonchev–Trinajstić information content (AvgIpc) is 2.28. The van der Waals surface area contributed by atoms with Crippen LogP contribution in [0.4, 0.5) is 0 Å². The van der Waals surface area contributed by atoms with E-state index in [0.717, 1.165) is 43.6 Å². The second-order valence-electron chi connectivity index (χ2n) is 6.67. The van der Waals surface area contributed by atoms with Gasteiger partial charge in [-0.2, -0.15) is 11.8 Å². The molecular formula is C15H28O2S. The molecule has 0 radical (unpaired) electrons. The van der Waals surface area contributed by atoms with Crippen LogP contribution in [0, 0.1) is 16.7 Å². The predicted octanol–water partition coefficient (Wildman–Crippen LogP) is 4.44. The van der Waals surface area contributed by atoms with E-state index in [0.29, 0.717) is 11.3 Å². The highest BCUT2D eigenvalue weighted by molar-refractivity contribution is 7.99. The molecule has 3 heteroatoms. The number of hydrogen-bond acceptors (Lipinski definition) is 2. The van der Waals surface area contributed by atoms with Crippen molar-refractivity contribution in [1.29, 1.82) is 0 Å². The minimum atomic E-state index is -0.563. The molecule has 0 bridgehead atoms. The molecule has 0 aromatic heterocycles. The van der Waals surface area contributed by atoms with E-state index in [9.17, 15) is 9.90 Å². The Morgan fingerprint density at radius 1 is 1.33 bits per heavy atom. The summed E-state index contributed by atoms with van der Waals surface area (Å²) in [5.74, 6) is 2.19. The monoisotopic (exact) mass is 272 g/mol. The number of rotatable bonds is 5. The molecule has 0 aromatic carbocycles. The van der Waals surface area contributed by atoms with Crippen LogP contribution in [0.2, 0.25) is 0 Å². The lowest BCUT2D eigenvalue weighted by Crippen LogP contribution is -2.38. The fraction of sp³-hybridized carbons (Fsp3) is 0.933. The molecule has 0 aromatic rings. The maximum Gasteiger partial charge on any atom is 0.309 e. The normalized spacial score (nSPS) is 29.2. The van der Waals surface area contributed by atoms with Crippen molar-refractivity contribution in [3.8, 4) is 0 Å². The Morgan fingerprint density at radius 2 is 1.89 bits per heavy atom. The average molecular weight is 272 g/mol. The van der Waals surface area contributed by atoms with Crippen LogP contribution in [0.1, 0.15) is 59.8 Å². The maximum atomic E-state index is 11.6. The second-order valence-corrected chi connectivity index (χ2v) is 8.07. The first-order valence-electron chi connectivity index (χ1n) is 7.13. The molecule has 1 fully saturated rings. The van der Waals surface area contributed by atoms with Gasteiger partial charge >= 0.3 is 5.97 Å². The van der Waals surface area contributed by atoms with Crippen LogP contribution >= 0.6 is 11.8 Å². The summed E-state index contributed by atoms with van der Waals surface area (Å²) >= 11 is 1.86. The van der Waals surface area contributed by atoms with Gasteiger partial charge in [0.25, 0.3) is 0 Å². The van der Waals surface area contributed by atoms with E-state index >= 15 is 0 Å². The van der Waals surface area contributed by atoms with Crippen molar-refractivity contribution in [3.05, 3.63) is 0 Å². The molecular weight excluding hydrogens is 244 g/mol. The minimum absolute atomic E-state index is 0.322. The van der Waals surface area contributed by atoms with Crippen molar-refractivity contribution >= 4 is 17.7 Å². The van der Waals surface area contributed by atoms with Crippen LogP contribution in [0.3, 0.4) is 0 Å². The molecule has 0 spiro atoms. The SMILES string of the molecule is CCSCCC1(C(=O)O)CCC(C(C)(C)C)CC1. The highest BCUT2D eigenvalue weighted by Gasteiger charge is 2.43. The molecule has 0 amide bonds. The molecule has 106 valence electrons. The predicted molar refractivity (Wildman–Crippen MR) is 79.1 cm³/mol. The number of carboxylic acids is 1. The molecule has 1 rings (SSSR count). The highest BCUT2D eigenvalue weighted by atomic mass is 32.2. The molecule has 1 aliphatic rings. The van der Waals surface area contributed by atoms with Crippen LogP contribution in [-0.4, -0.2) is 22.6 Å². The Hall–Kier alpha value is -0.180. The molecule has 0 aliphatic heterocycles. The number of carboxylic acid groups (broad SMARTS) is 1. The lowest BCUT2D eigenvalue weighted by Gasteiger charge is -2.41. The lowest BCUT2D eigenvalue weighted by molar-refractivity contribution is -0.152. The van der Waals surface area contributed by atoms with E-state index in [4.69, 9.17) is 0 Å². The van der Waals surface area contributed by atoms with Crippen molar-refractivity contribution in [2.45, 2.75) is 59.8 Å². The largest absolute Gasteiger partial charge is 0.481 e. The Labute approximate surface area is 116 Å². The van der Waals surface area contributed by atoms with Crippen LogP contribution in [0.15, 0.2) is 0 Å². The van der Waals surface area contributed by atoms with Crippen molar-refractivity contribution in [3.63, 3.8) is 0 Å². The van der Waals surface area contributed by atoms with Gasteiger partial charge in [-0.05, 0) is 54.9 Å². The van der Waals surface area contributed by atoms with Crippen LogP contribution < -0.4 is 0 Å². The molecule has 1 saturated carbocycles. The van der Waals surface area contributed by atoms with E-state index < -0.39 is 11.4 Å². The van der Waals surface area contributed by atoms with Crippen LogP contribution in [0.5, 0.6) is 0 Å². The zero-order valence-electron chi connectivity index (χ0n) is 12.3. The molecule has 2 nitrogen and oxygen atoms in total. The van der Waals surface area contributed by atoms with Gasteiger partial charge in [0.05, 0.1) is 5.41 Å². The molecule has 1 N–H and O–H groups in total.